The molecule has 0 bridgehead atoms. The van der Waals surface area contributed by atoms with E-state index in [0.29, 0.717) is 6.61 Å². The van der Waals surface area contributed by atoms with Gasteiger partial charge in [0.15, 0.2) is 0 Å². The molecule has 52 valence electrons. The predicted molar refractivity (Wildman–Crippen MR) is 37.7 cm³/mol. The van der Waals surface area contributed by atoms with Crippen molar-refractivity contribution in [3.63, 3.8) is 0 Å². The molecule has 0 aliphatic heterocycles. The zero-order valence-corrected chi connectivity index (χ0v) is 5.81. The van der Waals surface area contributed by atoms with Crippen molar-refractivity contribution in [2.75, 3.05) is 13.2 Å². The summed E-state index contributed by atoms with van der Waals surface area (Å²) in [6.07, 6.45) is 4.54. The summed E-state index contributed by atoms with van der Waals surface area (Å²) in [7, 11) is 0. The summed E-state index contributed by atoms with van der Waals surface area (Å²) < 4.78 is 4.87. The highest BCUT2D eigenvalue weighted by molar-refractivity contribution is 4.84. The Bertz CT molecular complexity index is 101. The average Bonchev–Trinajstić information content (AvgIpc) is 1.89. The summed E-state index contributed by atoms with van der Waals surface area (Å²) in [4.78, 5) is 0. The van der Waals surface area contributed by atoms with E-state index in [1.165, 1.54) is 0 Å². The molecule has 0 heterocycles. The Morgan fingerprint density at radius 1 is 1.44 bits per heavy atom. The second-order valence-corrected chi connectivity index (χ2v) is 1.70. The number of hydrogen-bond donors (Lipinski definition) is 1. The van der Waals surface area contributed by atoms with Crippen molar-refractivity contribution in [3.05, 3.63) is 0 Å². The van der Waals surface area contributed by atoms with Gasteiger partial charge in [-0.2, -0.15) is 0 Å². The van der Waals surface area contributed by atoms with Gasteiger partial charge in [0, 0.05) is 6.92 Å². The second kappa shape index (κ2) is 7.32. The lowest BCUT2D eigenvalue weighted by atomic mass is 10.3. The fourth-order valence-electron chi connectivity index (χ4n) is 0.442. The molecule has 0 rings (SSSR count). The van der Waals surface area contributed by atoms with Crippen LogP contribution in [0.5, 0.6) is 0 Å². The number of rotatable bonds is 4. The second-order valence-electron chi connectivity index (χ2n) is 1.70. The molecule has 0 fully saturated rings. The highest BCUT2D eigenvalue weighted by Gasteiger charge is 1.82. The topological polar surface area (TPSA) is 35.2 Å². The van der Waals surface area contributed by atoms with Crippen LogP contribution in [0.4, 0.5) is 0 Å². The Labute approximate surface area is 56.4 Å². The van der Waals surface area contributed by atoms with Gasteiger partial charge < -0.3 is 10.5 Å². The highest BCUT2D eigenvalue weighted by atomic mass is 16.5. The van der Waals surface area contributed by atoms with Gasteiger partial charge >= 0.3 is 0 Å². The zero-order chi connectivity index (χ0) is 6.95. The number of ether oxygens (including phenoxy) is 1. The van der Waals surface area contributed by atoms with Crippen molar-refractivity contribution in [2.24, 2.45) is 5.73 Å². The van der Waals surface area contributed by atoms with E-state index in [1.54, 1.807) is 6.92 Å². The maximum atomic E-state index is 5.25. The van der Waals surface area contributed by atoms with Crippen LogP contribution < -0.4 is 5.73 Å². The summed E-state index contributed by atoms with van der Waals surface area (Å²) in [6, 6.07) is 0. The van der Waals surface area contributed by atoms with Crippen LogP contribution in [-0.2, 0) is 4.74 Å². The predicted octanol–water partition coefficient (Wildman–Crippen LogP) is 0.723. The molecular weight excluding hydrogens is 114 g/mol. The molecule has 0 saturated carbocycles. The number of nitrogens with two attached hydrogens (primary N) is 1. The minimum atomic E-state index is 0.706. The largest absolute Gasteiger partial charge is 0.447 e. The van der Waals surface area contributed by atoms with Gasteiger partial charge in [0.25, 0.3) is 0 Å². The molecule has 0 saturated heterocycles. The molecule has 9 heavy (non-hydrogen) atoms. The minimum absolute atomic E-state index is 0.706. The first-order valence-electron chi connectivity index (χ1n) is 3.15. The van der Waals surface area contributed by atoms with Gasteiger partial charge in [0.2, 0.25) is 0 Å². The molecule has 2 nitrogen and oxygen atoms in total. The van der Waals surface area contributed by atoms with Crippen molar-refractivity contribution in [2.45, 2.75) is 19.8 Å². The van der Waals surface area contributed by atoms with Crippen LogP contribution in [0.2, 0.25) is 0 Å². The van der Waals surface area contributed by atoms with Crippen LogP contribution in [0.15, 0.2) is 0 Å². The normalized spacial score (nSPS) is 7.78. The molecule has 0 aliphatic carbocycles. The van der Waals surface area contributed by atoms with Gasteiger partial charge in [0.05, 0.1) is 0 Å². The van der Waals surface area contributed by atoms with Crippen molar-refractivity contribution < 1.29 is 4.74 Å². The first-order chi connectivity index (χ1) is 4.41. The van der Waals surface area contributed by atoms with E-state index in [0.717, 1.165) is 19.4 Å². The molecule has 0 aromatic rings. The van der Waals surface area contributed by atoms with Gasteiger partial charge in [-0.05, 0) is 19.4 Å². The van der Waals surface area contributed by atoms with E-state index >= 15 is 0 Å². The van der Waals surface area contributed by atoms with Crippen molar-refractivity contribution in [1.29, 1.82) is 0 Å². The van der Waals surface area contributed by atoms with Gasteiger partial charge in [0.1, 0.15) is 12.7 Å². The van der Waals surface area contributed by atoms with E-state index in [2.05, 4.69) is 12.0 Å². The molecule has 0 atom stereocenters. The lowest BCUT2D eigenvalue weighted by Crippen LogP contribution is -1.99. The maximum absolute atomic E-state index is 5.25. The van der Waals surface area contributed by atoms with Crippen LogP contribution in [0.3, 0.4) is 0 Å². The van der Waals surface area contributed by atoms with Gasteiger partial charge in [-0.1, -0.05) is 5.92 Å². The Morgan fingerprint density at radius 3 is 2.78 bits per heavy atom. The Balaban J connectivity index is 2.80. The van der Waals surface area contributed by atoms with E-state index < -0.39 is 0 Å². The molecule has 0 aromatic heterocycles. The Morgan fingerprint density at radius 2 is 2.22 bits per heavy atom. The summed E-state index contributed by atoms with van der Waals surface area (Å²) >= 11 is 0. The van der Waals surface area contributed by atoms with Gasteiger partial charge in [-0.25, -0.2) is 0 Å². The van der Waals surface area contributed by atoms with Crippen LogP contribution in [0.25, 0.3) is 0 Å². The maximum Gasteiger partial charge on any atom is 0.109 e. The number of hydrogen-bond acceptors (Lipinski definition) is 2. The first-order valence-corrected chi connectivity index (χ1v) is 3.15. The molecule has 0 aromatic carbocycles. The summed E-state index contributed by atoms with van der Waals surface area (Å²) in [6.45, 7) is 3.20. The van der Waals surface area contributed by atoms with E-state index in [-0.39, 0.29) is 0 Å². The SMILES string of the molecule is CC#COCCCCN. The molecule has 0 amide bonds. The zero-order valence-electron chi connectivity index (χ0n) is 5.81. The third kappa shape index (κ3) is 7.32. The fraction of sp³-hybridized carbons (Fsp3) is 0.714. The van der Waals surface area contributed by atoms with E-state index in [4.69, 9.17) is 10.5 Å². The van der Waals surface area contributed by atoms with Gasteiger partial charge in [-0.15, -0.1) is 0 Å². The molecule has 2 heteroatoms. The smallest absolute Gasteiger partial charge is 0.109 e. The molecule has 0 spiro atoms. The monoisotopic (exact) mass is 127 g/mol. The van der Waals surface area contributed by atoms with Crippen molar-refractivity contribution >= 4 is 0 Å². The molecular formula is C7H13NO. The van der Waals surface area contributed by atoms with Crippen molar-refractivity contribution in [3.8, 4) is 12.0 Å². The molecule has 0 aliphatic rings. The lowest BCUT2D eigenvalue weighted by molar-refractivity contribution is 0.269. The minimum Gasteiger partial charge on any atom is -0.447 e. The summed E-state index contributed by atoms with van der Waals surface area (Å²) in [5, 5.41) is 0. The molecule has 0 unspecified atom stereocenters. The summed E-state index contributed by atoms with van der Waals surface area (Å²) in [5.74, 6) is 2.64. The summed E-state index contributed by atoms with van der Waals surface area (Å²) in [5.41, 5.74) is 5.25. The third-order valence-electron chi connectivity index (χ3n) is 0.875. The van der Waals surface area contributed by atoms with Crippen LogP contribution in [-0.4, -0.2) is 13.2 Å². The fourth-order valence-corrected chi connectivity index (χ4v) is 0.442. The third-order valence-corrected chi connectivity index (χ3v) is 0.875. The Kier molecular flexibility index (Phi) is 6.77. The average molecular weight is 127 g/mol. The van der Waals surface area contributed by atoms with E-state index in [1.807, 2.05) is 0 Å². The van der Waals surface area contributed by atoms with Crippen LogP contribution in [0, 0.1) is 12.0 Å². The lowest BCUT2D eigenvalue weighted by Gasteiger charge is -1.94. The van der Waals surface area contributed by atoms with E-state index in [9.17, 15) is 0 Å². The van der Waals surface area contributed by atoms with Crippen LogP contribution in [0.1, 0.15) is 19.8 Å². The number of unbranched alkanes of at least 4 members (excludes halogenated alkanes) is 1. The van der Waals surface area contributed by atoms with Crippen LogP contribution >= 0.6 is 0 Å². The van der Waals surface area contributed by atoms with Crippen molar-refractivity contribution in [1.82, 2.24) is 0 Å². The van der Waals surface area contributed by atoms with Gasteiger partial charge in [-0.3, -0.25) is 0 Å². The molecule has 2 N–H and O–H groups in total. The quantitative estimate of drug-likeness (QED) is 0.446. The molecule has 0 radical (unpaired) electrons. The highest BCUT2D eigenvalue weighted by Crippen LogP contribution is 1.85. The Hall–Kier alpha value is -0.680. The first kappa shape index (κ1) is 8.32. The standard InChI is InChI=1S/C7H13NO/c1-2-6-9-7-4-3-5-8/h3-5,7-8H2,1H3.